The van der Waals surface area contributed by atoms with Crippen molar-refractivity contribution in [2.24, 2.45) is 17.6 Å². The summed E-state index contributed by atoms with van der Waals surface area (Å²) in [6.07, 6.45) is 1.79. The molecule has 28 heavy (non-hydrogen) atoms. The van der Waals surface area contributed by atoms with Crippen molar-refractivity contribution in [3.05, 3.63) is 40.9 Å². The van der Waals surface area contributed by atoms with Crippen LogP contribution >= 0.6 is 15.9 Å². The molecule has 2 saturated heterocycles. The Morgan fingerprint density at radius 2 is 2.07 bits per heavy atom. The van der Waals surface area contributed by atoms with E-state index < -0.39 is 35.2 Å². The molecule has 4 amide bonds. The van der Waals surface area contributed by atoms with Gasteiger partial charge < -0.3 is 11.1 Å². The largest absolute Gasteiger partial charge is 0.370 e. The molecule has 8 nitrogen and oxygen atoms in total. The van der Waals surface area contributed by atoms with Gasteiger partial charge in [0.15, 0.2) is 0 Å². The maximum absolute atomic E-state index is 13.2. The minimum atomic E-state index is -1.37. The molecule has 3 aliphatic rings. The number of primary amides is 1. The maximum atomic E-state index is 13.2. The molecule has 1 aromatic rings. The Morgan fingerprint density at radius 1 is 1.32 bits per heavy atom. The summed E-state index contributed by atoms with van der Waals surface area (Å²) in [4.78, 5) is 51.8. The molecule has 146 valence electrons. The number of nitrogens with two attached hydrogens (primary N) is 1. The molecule has 0 saturated carbocycles. The lowest BCUT2D eigenvalue weighted by Crippen LogP contribution is -2.53. The highest BCUT2D eigenvalue weighted by molar-refractivity contribution is 9.10. The molecule has 1 aromatic carbocycles. The second kappa shape index (κ2) is 6.52. The fraction of sp³-hybridized carbons (Fsp3) is 0.368. The van der Waals surface area contributed by atoms with Crippen LogP contribution in [0.2, 0.25) is 0 Å². The van der Waals surface area contributed by atoms with Crippen molar-refractivity contribution in [2.75, 3.05) is 11.9 Å². The Kier molecular flexibility index (Phi) is 4.39. The molecule has 0 bridgehead atoms. The molecular formula is C19H19BrN4O4. The molecule has 3 aliphatic heterocycles. The molecule has 4 rings (SSSR count). The molecule has 4 N–H and O–H groups in total. The van der Waals surface area contributed by atoms with Gasteiger partial charge in [0.05, 0.1) is 11.8 Å². The number of amides is 4. The Hall–Kier alpha value is -2.52. The van der Waals surface area contributed by atoms with Crippen LogP contribution in [0, 0.1) is 11.8 Å². The average Bonchev–Trinajstić information content (AvgIpc) is 3.21. The SMILES string of the molecule is C=CCN1C(=O)[C@H]2[C@@H](C1=O)[C@]1(N[C@@H]2CCC(N)=O)C(=O)Nc2ccc(Br)cc21. The molecule has 4 atom stereocenters. The number of hydrogen-bond acceptors (Lipinski definition) is 5. The quantitative estimate of drug-likeness (QED) is 0.452. The predicted molar refractivity (Wildman–Crippen MR) is 104 cm³/mol. The van der Waals surface area contributed by atoms with Gasteiger partial charge in [0.1, 0.15) is 5.54 Å². The maximum Gasteiger partial charge on any atom is 0.250 e. The number of benzene rings is 1. The van der Waals surface area contributed by atoms with Gasteiger partial charge in [0.2, 0.25) is 23.6 Å². The summed E-state index contributed by atoms with van der Waals surface area (Å²) in [5, 5.41) is 6.07. The fourth-order valence-corrected chi connectivity index (χ4v) is 5.05. The molecular weight excluding hydrogens is 428 g/mol. The number of hydrogen-bond donors (Lipinski definition) is 3. The summed E-state index contributed by atoms with van der Waals surface area (Å²) in [5.41, 5.74) is 5.13. The minimum absolute atomic E-state index is 0.0485. The first-order valence-electron chi connectivity index (χ1n) is 8.95. The van der Waals surface area contributed by atoms with Crippen molar-refractivity contribution in [1.82, 2.24) is 10.2 Å². The number of carbonyl (C=O) groups is 4. The first kappa shape index (κ1) is 18.8. The third-order valence-electron chi connectivity index (χ3n) is 5.78. The van der Waals surface area contributed by atoms with Crippen LogP contribution in [0.15, 0.2) is 35.3 Å². The number of nitrogens with one attached hydrogen (secondary N) is 2. The van der Waals surface area contributed by atoms with Crippen LogP contribution in [-0.4, -0.2) is 41.1 Å². The van der Waals surface area contributed by atoms with Gasteiger partial charge in [-0.2, -0.15) is 0 Å². The lowest BCUT2D eigenvalue weighted by Gasteiger charge is -2.29. The van der Waals surface area contributed by atoms with Gasteiger partial charge in [0.25, 0.3) is 0 Å². The van der Waals surface area contributed by atoms with E-state index in [2.05, 4.69) is 33.1 Å². The van der Waals surface area contributed by atoms with E-state index in [1.807, 2.05) is 0 Å². The van der Waals surface area contributed by atoms with Crippen molar-refractivity contribution in [2.45, 2.75) is 24.4 Å². The van der Waals surface area contributed by atoms with Crippen molar-refractivity contribution >= 4 is 45.2 Å². The third kappa shape index (κ3) is 2.46. The first-order chi connectivity index (χ1) is 13.3. The monoisotopic (exact) mass is 446 g/mol. The Balaban J connectivity index is 1.85. The molecule has 0 aliphatic carbocycles. The second-order valence-electron chi connectivity index (χ2n) is 7.29. The minimum Gasteiger partial charge on any atom is -0.370 e. The van der Waals surface area contributed by atoms with Crippen molar-refractivity contribution in [3.8, 4) is 0 Å². The van der Waals surface area contributed by atoms with Gasteiger partial charge in [0, 0.05) is 34.7 Å². The van der Waals surface area contributed by atoms with Crippen molar-refractivity contribution < 1.29 is 19.2 Å². The number of carbonyl (C=O) groups excluding carboxylic acids is 4. The lowest BCUT2D eigenvalue weighted by molar-refractivity contribution is -0.142. The van der Waals surface area contributed by atoms with E-state index in [4.69, 9.17) is 5.73 Å². The number of likely N-dealkylation sites (tertiary alicyclic amines) is 1. The lowest BCUT2D eigenvalue weighted by atomic mass is 9.76. The highest BCUT2D eigenvalue weighted by Crippen LogP contribution is 2.53. The fourth-order valence-electron chi connectivity index (χ4n) is 4.69. The summed E-state index contributed by atoms with van der Waals surface area (Å²) in [5.74, 6) is -3.29. The summed E-state index contributed by atoms with van der Waals surface area (Å²) in [6, 6.07) is 4.80. The van der Waals surface area contributed by atoms with Crippen LogP contribution < -0.4 is 16.4 Å². The van der Waals surface area contributed by atoms with E-state index in [-0.39, 0.29) is 31.2 Å². The Morgan fingerprint density at radius 3 is 2.75 bits per heavy atom. The number of nitrogens with zero attached hydrogens (tertiary/aromatic N) is 1. The van der Waals surface area contributed by atoms with Crippen LogP contribution in [0.4, 0.5) is 5.69 Å². The zero-order valence-corrected chi connectivity index (χ0v) is 16.5. The van der Waals surface area contributed by atoms with Gasteiger partial charge in [-0.1, -0.05) is 22.0 Å². The molecule has 1 spiro atoms. The normalized spacial score (nSPS) is 30.5. The van der Waals surface area contributed by atoms with Crippen LogP contribution in [0.25, 0.3) is 0 Å². The van der Waals surface area contributed by atoms with E-state index in [0.29, 0.717) is 11.3 Å². The highest BCUT2D eigenvalue weighted by atomic mass is 79.9. The first-order valence-corrected chi connectivity index (χ1v) is 9.74. The van der Waals surface area contributed by atoms with Crippen LogP contribution in [0.3, 0.4) is 0 Å². The number of anilines is 1. The van der Waals surface area contributed by atoms with E-state index in [1.54, 1.807) is 18.2 Å². The number of fused-ring (bicyclic) bond motifs is 4. The van der Waals surface area contributed by atoms with Gasteiger partial charge in [-0.25, -0.2) is 0 Å². The van der Waals surface area contributed by atoms with Gasteiger partial charge in [-0.15, -0.1) is 6.58 Å². The molecule has 2 fully saturated rings. The molecule has 3 heterocycles. The third-order valence-corrected chi connectivity index (χ3v) is 6.27. The molecule has 9 heteroatoms. The Bertz CT molecular complexity index is 933. The summed E-state index contributed by atoms with van der Waals surface area (Å²) >= 11 is 3.41. The average molecular weight is 447 g/mol. The van der Waals surface area contributed by atoms with Crippen LogP contribution in [-0.2, 0) is 24.7 Å². The summed E-state index contributed by atoms with van der Waals surface area (Å²) in [7, 11) is 0. The van der Waals surface area contributed by atoms with Crippen molar-refractivity contribution in [3.63, 3.8) is 0 Å². The highest BCUT2D eigenvalue weighted by Gasteiger charge is 2.70. The Labute approximate surface area is 169 Å². The summed E-state index contributed by atoms with van der Waals surface area (Å²) in [6.45, 7) is 3.69. The van der Waals surface area contributed by atoms with E-state index in [9.17, 15) is 19.2 Å². The predicted octanol–water partition coefficient (Wildman–Crippen LogP) is 0.621. The van der Waals surface area contributed by atoms with Gasteiger partial charge in [-0.05, 0) is 24.6 Å². The second-order valence-corrected chi connectivity index (χ2v) is 8.20. The summed E-state index contributed by atoms with van der Waals surface area (Å²) < 4.78 is 0.751. The molecule has 0 aromatic heterocycles. The topological polar surface area (TPSA) is 122 Å². The molecule has 0 radical (unpaired) electrons. The standard InChI is InChI=1S/C19H19BrN4O4/c1-2-7-24-16(26)14-12(5-6-13(21)25)23-19(15(14)17(24)27)10-8-9(20)3-4-11(10)22-18(19)28/h2-4,8,12,14-15,23H,1,5-7H2,(H2,21,25)(H,22,28)/t12-,14-,15+,19+/m1/s1. The van der Waals surface area contributed by atoms with E-state index >= 15 is 0 Å². The number of rotatable bonds is 5. The zero-order valence-electron chi connectivity index (χ0n) is 14.9. The van der Waals surface area contributed by atoms with Crippen LogP contribution in [0.1, 0.15) is 18.4 Å². The number of halogens is 1. The van der Waals surface area contributed by atoms with Gasteiger partial charge in [-0.3, -0.25) is 29.4 Å². The van der Waals surface area contributed by atoms with Crippen LogP contribution in [0.5, 0.6) is 0 Å². The van der Waals surface area contributed by atoms with Gasteiger partial charge >= 0.3 is 0 Å². The van der Waals surface area contributed by atoms with Crippen molar-refractivity contribution in [1.29, 1.82) is 0 Å². The molecule has 0 unspecified atom stereocenters. The van der Waals surface area contributed by atoms with E-state index in [1.165, 1.54) is 6.08 Å². The number of imide groups is 1. The zero-order chi connectivity index (χ0) is 20.2. The smallest absolute Gasteiger partial charge is 0.250 e. The van der Waals surface area contributed by atoms with E-state index in [0.717, 1.165) is 9.37 Å².